The highest BCUT2D eigenvalue weighted by atomic mass is 32.2. The van der Waals surface area contributed by atoms with Gasteiger partial charge in [-0.25, -0.2) is 8.42 Å². The van der Waals surface area contributed by atoms with E-state index in [1.54, 1.807) is 17.5 Å². The number of nitrogens with zero attached hydrogens (tertiary/aromatic N) is 1. The Morgan fingerprint density at radius 3 is 2.76 bits per heavy atom. The Hall–Kier alpha value is -0.850. The lowest BCUT2D eigenvalue weighted by Gasteiger charge is -2.29. The number of allylic oxidation sites excluding steroid dienone is 1. The quantitative estimate of drug-likeness (QED) is 0.841. The van der Waals surface area contributed by atoms with Crippen molar-refractivity contribution in [2.24, 2.45) is 0 Å². The minimum atomic E-state index is -3.29. The van der Waals surface area contributed by atoms with E-state index >= 15 is 0 Å². The van der Waals surface area contributed by atoms with Crippen LogP contribution in [0.5, 0.6) is 0 Å². The van der Waals surface area contributed by atoms with Crippen molar-refractivity contribution < 1.29 is 13.2 Å². The number of sulfone groups is 1. The second-order valence-electron chi connectivity index (χ2n) is 3.84. The molecule has 0 amide bonds. The maximum absolute atomic E-state index is 12.0. The van der Waals surface area contributed by atoms with Gasteiger partial charge in [0, 0.05) is 18.8 Å². The van der Waals surface area contributed by atoms with Crippen LogP contribution >= 0.6 is 11.3 Å². The van der Waals surface area contributed by atoms with Gasteiger partial charge in [-0.05, 0) is 18.4 Å². The van der Waals surface area contributed by atoms with Gasteiger partial charge in [0.05, 0.1) is 18.6 Å². The molecule has 2 rings (SSSR count). The molecule has 17 heavy (non-hydrogen) atoms. The van der Waals surface area contributed by atoms with Crippen LogP contribution in [0.1, 0.15) is 6.92 Å². The van der Waals surface area contributed by atoms with Crippen molar-refractivity contribution in [3.63, 3.8) is 0 Å². The molecule has 0 radical (unpaired) electrons. The first kappa shape index (κ1) is 12.6. The Morgan fingerprint density at radius 2 is 2.18 bits per heavy atom. The summed E-state index contributed by atoms with van der Waals surface area (Å²) >= 11 is 1.24. The third-order valence-electron chi connectivity index (χ3n) is 2.61. The summed E-state index contributed by atoms with van der Waals surface area (Å²) in [5.74, 6) is 0. The van der Waals surface area contributed by atoms with Crippen molar-refractivity contribution in [1.29, 1.82) is 0 Å². The van der Waals surface area contributed by atoms with Crippen LogP contribution in [0.3, 0.4) is 0 Å². The van der Waals surface area contributed by atoms with E-state index in [4.69, 9.17) is 4.74 Å². The second-order valence-corrected chi connectivity index (χ2v) is 6.81. The Labute approximate surface area is 105 Å². The van der Waals surface area contributed by atoms with Crippen molar-refractivity contribution in [1.82, 2.24) is 4.90 Å². The molecule has 6 heteroatoms. The zero-order valence-corrected chi connectivity index (χ0v) is 11.3. The summed E-state index contributed by atoms with van der Waals surface area (Å²) in [7, 11) is -3.29. The largest absolute Gasteiger partial charge is 0.378 e. The minimum Gasteiger partial charge on any atom is -0.378 e. The van der Waals surface area contributed by atoms with Gasteiger partial charge in [-0.3, -0.25) is 0 Å². The summed E-state index contributed by atoms with van der Waals surface area (Å²) in [5.41, 5.74) is 0.779. The van der Waals surface area contributed by atoms with Gasteiger partial charge in [0.15, 0.2) is 0 Å². The summed E-state index contributed by atoms with van der Waals surface area (Å²) in [6, 6.07) is 3.37. The van der Waals surface area contributed by atoms with E-state index in [0.717, 1.165) is 18.8 Å². The lowest BCUT2D eigenvalue weighted by Crippen LogP contribution is -2.35. The molecule has 94 valence electrons. The molecule has 2 heterocycles. The van der Waals surface area contributed by atoms with Crippen LogP contribution in [0.4, 0.5) is 0 Å². The van der Waals surface area contributed by atoms with Gasteiger partial charge in [-0.1, -0.05) is 6.07 Å². The molecular formula is C11H15NO3S2. The van der Waals surface area contributed by atoms with Crippen LogP contribution in [0, 0.1) is 0 Å². The van der Waals surface area contributed by atoms with E-state index in [2.05, 4.69) is 0 Å². The average molecular weight is 273 g/mol. The van der Waals surface area contributed by atoms with Gasteiger partial charge in [-0.15, -0.1) is 11.3 Å². The van der Waals surface area contributed by atoms with Crippen LogP contribution in [-0.2, 0) is 14.6 Å². The molecule has 1 aliphatic rings. The number of hydrogen-bond acceptors (Lipinski definition) is 5. The first-order valence-electron chi connectivity index (χ1n) is 5.39. The molecule has 0 N–H and O–H groups in total. The van der Waals surface area contributed by atoms with Crippen LogP contribution in [-0.4, -0.2) is 39.6 Å². The molecule has 1 aromatic rings. The average Bonchev–Trinajstić information content (AvgIpc) is 2.84. The van der Waals surface area contributed by atoms with Crippen molar-refractivity contribution in [3.8, 4) is 0 Å². The first-order chi connectivity index (χ1) is 8.09. The fourth-order valence-corrected chi connectivity index (χ4v) is 3.98. The summed E-state index contributed by atoms with van der Waals surface area (Å²) < 4.78 is 29.7. The van der Waals surface area contributed by atoms with E-state index in [9.17, 15) is 8.42 Å². The highest BCUT2D eigenvalue weighted by molar-refractivity contribution is 7.96. The van der Waals surface area contributed by atoms with Crippen LogP contribution in [0.15, 0.2) is 32.8 Å². The van der Waals surface area contributed by atoms with Crippen molar-refractivity contribution in [2.45, 2.75) is 11.1 Å². The van der Waals surface area contributed by atoms with Crippen molar-refractivity contribution in [3.05, 3.63) is 28.6 Å². The Morgan fingerprint density at radius 1 is 1.47 bits per heavy atom. The molecule has 0 atom stereocenters. The first-order valence-corrected chi connectivity index (χ1v) is 7.82. The maximum Gasteiger partial charge on any atom is 0.210 e. The molecule has 0 saturated carbocycles. The van der Waals surface area contributed by atoms with Crippen LogP contribution in [0.2, 0.25) is 0 Å². The van der Waals surface area contributed by atoms with Gasteiger partial charge < -0.3 is 9.64 Å². The number of rotatable bonds is 3. The Bertz CT molecular complexity index is 485. The third-order valence-corrected chi connectivity index (χ3v) is 5.61. The molecule has 1 aromatic heterocycles. The molecule has 0 unspecified atom stereocenters. The SMILES string of the molecule is C/C(=C\S(=O)(=O)c1cccs1)N1CCOCC1. The van der Waals surface area contributed by atoms with Gasteiger partial charge in [-0.2, -0.15) is 0 Å². The highest BCUT2D eigenvalue weighted by Crippen LogP contribution is 2.20. The summed E-state index contributed by atoms with van der Waals surface area (Å²) in [5, 5.41) is 3.12. The molecule has 1 fully saturated rings. The molecule has 4 nitrogen and oxygen atoms in total. The number of morpholine rings is 1. The third kappa shape index (κ3) is 3.08. The van der Waals surface area contributed by atoms with Gasteiger partial charge in [0.1, 0.15) is 4.21 Å². The van der Waals surface area contributed by atoms with Crippen molar-refractivity contribution >= 4 is 21.2 Å². The fraction of sp³-hybridized carbons (Fsp3) is 0.455. The predicted octanol–water partition coefficient (Wildman–Crippen LogP) is 1.72. The molecule has 0 aromatic carbocycles. The summed E-state index contributed by atoms with van der Waals surface area (Å²) in [4.78, 5) is 2.04. The van der Waals surface area contributed by atoms with E-state index in [1.165, 1.54) is 16.7 Å². The second kappa shape index (κ2) is 5.20. The normalized spacial score (nSPS) is 18.4. The smallest absolute Gasteiger partial charge is 0.210 e. The molecule has 0 aliphatic carbocycles. The zero-order chi connectivity index (χ0) is 12.3. The molecule has 0 bridgehead atoms. The fourth-order valence-electron chi connectivity index (χ4n) is 1.70. The molecule has 0 spiro atoms. The Balaban J connectivity index is 2.18. The molecule has 1 saturated heterocycles. The highest BCUT2D eigenvalue weighted by Gasteiger charge is 2.16. The van der Waals surface area contributed by atoms with Gasteiger partial charge in [0.2, 0.25) is 9.84 Å². The topological polar surface area (TPSA) is 46.6 Å². The van der Waals surface area contributed by atoms with Gasteiger partial charge in [0.25, 0.3) is 0 Å². The summed E-state index contributed by atoms with van der Waals surface area (Å²) in [6.07, 6.45) is 0. The lowest BCUT2D eigenvalue weighted by atomic mass is 10.4. The number of thiophene rings is 1. The van der Waals surface area contributed by atoms with Gasteiger partial charge >= 0.3 is 0 Å². The minimum absolute atomic E-state index is 0.394. The zero-order valence-electron chi connectivity index (χ0n) is 9.63. The predicted molar refractivity (Wildman–Crippen MR) is 67.7 cm³/mol. The van der Waals surface area contributed by atoms with E-state index < -0.39 is 9.84 Å². The monoisotopic (exact) mass is 273 g/mol. The molecular weight excluding hydrogens is 258 g/mol. The summed E-state index contributed by atoms with van der Waals surface area (Å²) in [6.45, 7) is 4.65. The van der Waals surface area contributed by atoms with Crippen molar-refractivity contribution in [2.75, 3.05) is 26.3 Å². The lowest BCUT2D eigenvalue weighted by molar-refractivity contribution is 0.0538. The van der Waals surface area contributed by atoms with Crippen LogP contribution in [0.25, 0.3) is 0 Å². The van der Waals surface area contributed by atoms with E-state index in [1.807, 2.05) is 11.8 Å². The standard InChI is InChI=1S/C11H15NO3S2/c1-10(12-4-6-15-7-5-12)9-17(13,14)11-3-2-8-16-11/h2-3,8-9H,4-7H2,1H3/b10-9+. The van der Waals surface area contributed by atoms with Crippen LogP contribution < -0.4 is 0 Å². The number of ether oxygens (including phenoxy) is 1. The van der Waals surface area contributed by atoms with E-state index in [-0.39, 0.29) is 0 Å². The number of hydrogen-bond donors (Lipinski definition) is 0. The maximum atomic E-state index is 12.0. The Kier molecular flexibility index (Phi) is 3.86. The molecule has 1 aliphatic heterocycles. The van der Waals surface area contributed by atoms with E-state index in [0.29, 0.717) is 17.4 Å².